The van der Waals surface area contributed by atoms with Crippen molar-refractivity contribution in [3.8, 4) is 11.8 Å². The van der Waals surface area contributed by atoms with Crippen molar-refractivity contribution in [3.63, 3.8) is 0 Å². The van der Waals surface area contributed by atoms with Gasteiger partial charge in [0.15, 0.2) is 5.82 Å². The number of hydrogen-bond donors (Lipinski definition) is 1. The molecular weight excluding hydrogens is 221 g/mol. The second-order valence-electron chi connectivity index (χ2n) is 3.46. The highest BCUT2D eigenvalue weighted by Gasteiger charge is 2.01. The van der Waals surface area contributed by atoms with E-state index in [1.807, 2.05) is 25.2 Å². The Labute approximate surface area is 98.5 Å². The molecule has 1 heterocycles. The molecule has 1 N–H and O–H groups in total. The number of rotatable bonds is 4. The van der Waals surface area contributed by atoms with Gasteiger partial charge in [-0.25, -0.2) is 14.4 Å². The van der Waals surface area contributed by atoms with Crippen LogP contribution in [0.2, 0.25) is 0 Å². The number of halogens is 1. The summed E-state index contributed by atoms with van der Waals surface area (Å²) in [5.41, 5.74) is 1.09. The average molecular weight is 233 g/mol. The smallest absolute Gasteiger partial charge is 0.322 e. The summed E-state index contributed by atoms with van der Waals surface area (Å²) in [6, 6.07) is 7.67. The van der Waals surface area contributed by atoms with Crippen molar-refractivity contribution in [1.29, 1.82) is 0 Å². The van der Waals surface area contributed by atoms with Crippen LogP contribution in [0.4, 0.5) is 4.39 Å². The number of benzene rings is 1. The SMILES string of the molecule is CNCc1cccc(Oc2ncc(F)cn2)c1. The molecule has 0 aliphatic rings. The highest BCUT2D eigenvalue weighted by Crippen LogP contribution is 2.18. The topological polar surface area (TPSA) is 47.0 Å². The predicted octanol–water partition coefficient (Wildman–Crippen LogP) is 2.13. The molecule has 0 fully saturated rings. The van der Waals surface area contributed by atoms with Crippen molar-refractivity contribution < 1.29 is 9.13 Å². The average Bonchev–Trinajstić information content (AvgIpc) is 2.33. The highest BCUT2D eigenvalue weighted by molar-refractivity contribution is 5.30. The van der Waals surface area contributed by atoms with E-state index in [4.69, 9.17) is 4.74 Å². The first-order valence-electron chi connectivity index (χ1n) is 5.17. The molecule has 0 amide bonds. The second kappa shape index (κ2) is 5.36. The fourth-order valence-electron chi connectivity index (χ4n) is 1.38. The maximum absolute atomic E-state index is 12.6. The number of nitrogens with zero attached hydrogens (tertiary/aromatic N) is 2. The van der Waals surface area contributed by atoms with Crippen LogP contribution in [0.25, 0.3) is 0 Å². The van der Waals surface area contributed by atoms with Gasteiger partial charge in [0.2, 0.25) is 0 Å². The molecule has 0 aliphatic heterocycles. The molecule has 0 bridgehead atoms. The third kappa shape index (κ3) is 3.22. The van der Waals surface area contributed by atoms with Crippen LogP contribution in [0, 0.1) is 5.82 Å². The Balaban J connectivity index is 2.12. The van der Waals surface area contributed by atoms with E-state index in [9.17, 15) is 4.39 Å². The van der Waals surface area contributed by atoms with E-state index < -0.39 is 5.82 Å². The van der Waals surface area contributed by atoms with Crippen LogP contribution in [0.5, 0.6) is 11.8 Å². The molecule has 88 valence electrons. The van der Waals surface area contributed by atoms with Crippen molar-refractivity contribution in [2.75, 3.05) is 7.05 Å². The van der Waals surface area contributed by atoms with E-state index in [2.05, 4.69) is 15.3 Å². The predicted molar refractivity (Wildman–Crippen MR) is 61.3 cm³/mol. The molecule has 1 aromatic carbocycles. The van der Waals surface area contributed by atoms with Crippen LogP contribution in [-0.2, 0) is 6.54 Å². The van der Waals surface area contributed by atoms with Crippen LogP contribution in [0.15, 0.2) is 36.7 Å². The first-order valence-corrected chi connectivity index (χ1v) is 5.17. The van der Waals surface area contributed by atoms with Gasteiger partial charge in [-0.2, -0.15) is 0 Å². The van der Waals surface area contributed by atoms with Crippen LogP contribution in [0.3, 0.4) is 0 Å². The van der Waals surface area contributed by atoms with Crippen LogP contribution in [-0.4, -0.2) is 17.0 Å². The molecule has 0 saturated heterocycles. The Kier molecular flexibility index (Phi) is 3.62. The molecular formula is C12H12FN3O. The molecule has 5 heteroatoms. The lowest BCUT2D eigenvalue weighted by molar-refractivity contribution is 0.435. The Morgan fingerprint density at radius 1 is 1.29 bits per heavy atom. The van der Waals surface area contributed by atoms with Gasteiger partial charge in [0.05, 0.1) is 12.4 Å². The summed E-state index contributed by atoms with van der Waals surface area (Å²) >= 11 is 0. The lowest BCUT2D eigenvalue weighted by Gasteiger charge is -2.05. The monoisotopic (exact) mass is 233 g/mol. The minimum absolute atomic E-state index is 0.132. The number of nitrogens with one attached hydrogen (secondary N) is 1. The van der Waals surface area contributed by atoms with Gasteiger partial charge < -0.3 is 10.1 Å². The van der Waals surface area contributed by atoms with Gasteiger partial charge in [-0.05, 0) is 24.7 Å². The first-order chi connectivity index (χ1) is 8.28. The fourth-order valence-corrected chi connectivity index (χ4v) is 1.38. The molecule has 17 heavy (non-hydrogen) atoms. The van der Waals surface area contributed by atoms with Gasteiger partial charge in [-0.3, -0.25) is 0 Å². The van der Waals surface area contributed by atoms with E-state index in [0.717, 1.165) is 24.5 Å². The summed E-state index contributed by atoms with van der Waals surface area (Å²) in [5.74, 6) is 0.144. The van der Waals surface area contributed by atoms with Gasteiger partial charge >= 0.3 is 6.01 Å². The van der Waals surface area contributed by atoms with Crippen molar-refractivity contribution in [2.24, 2.45) is 0 Å². The van der Waals surface area contributed by atoms with E-state index in [-0.39, 0.29) is 6.01 Å². The maximum atomic E-state index is 12.6. The first kappa shape index (κ1) is 11.5. The molecule has 2 rings (SSSR count). The van der Waals surface area contributed by atoms with Crippen molar-refractivity contribution >= 4 is 0 Å². The lowest BCUT2D eigenvalue weighted by Crippen LogP contribution is -2.04. The van der Waals surface area contributed by atoms with Crippen molar-refractivity contribution in [3.05, 3.63) is 48.0 Å². The fraction of sp³-hybridized carbons (Fsp3) is 0.167. The van der Waals surface area contributed by atoms with Crippen LogP contribution < -0.4 is 10.1 Å². The van der Waals surface area contributed by atoms with Gasteiger partial charge in [-0.1, -0.05) is 12.1 Å². The largest absolute Gasteiger partial charge is 0.424 e. The second-order valence-corrected chi connectivity index (χ2v) is 3.46. The molecule has 1 aromatic heterocycles. The third-order valence-corrected chi connectivity index (χ3v) is 2.09. The van der Waals surface area contributed by atoms with Gasteiger partial charge in [-0.15, -0.1) is 0 Å². The summed E-state index contributed by atoms with van der Waals surface area (Å²) < 4.78 is 18.0. The summed E-state index contributed by atoms with van der Waals surface area (Å²) in [6.07, 6.45) is 2.14. The summed E-state index contributed by atoms with van der Waals surface area (Å²) in [5, 5.41) is 3.05. The number of hydrogen-bond acceptors (Lipinski definition) is 4. The van der Waals surface area contributed by atoms with Gasteiger partial charge in [0, 0.05) is 6.54 Å². The van der Waals surface area contributed by atoms with Crippen LogP contribution >= 0.6 is 0 Å². The Morgan fingerprint density at radius 3 is 2.76 bits per heavy atom. The normalized spacial score (nSPS) is 10.2. The van der Waals surface area contributed by atoms with E-state index in [1.54, 1.807) is 6.07 Å². The minimum atomic E-state index is -0.485. The Bertz CT molecular complexity index is 487. The quantitative estimate of drug-likeness (QED) is 0.878. The number of ether oxygens (including phenoxy) is 1. The van der Waals surface area contributed by atoms with E-state index in [1.165, 1.54) is 0 Å². The third-order valence-electron chi connectivity index (χ3n) is 2.09. The summed E-state index contributed by atoms with van der Waals surface area (Å²) in [6.45, 7) is 0.751. The zero-order valence-corrected chi connectivity index (χ0v) is 9.35. The van der Waals surface area contributed by atoms with E-state index >= 15 is 0 Å². The minimum Gasteiger partial charge on any atom is -0.424 e. The summed E-state index contributed by atoms with van der Waals surface area (Å²) in [4.78, 5) is 7.45. The molecule has 0 atom stereocenters. The number of aromatic nitrogens is 2. The highest BCUT2D eigenvalue weighted by atomic mass is 19.1. The lowest BCUT2D eigenvalue weighted by atomic mass is 10.2. The molecule has 0 radical (unpaired) electrons. The molecule has 2 aromatic rings. The zero-order chi connectivity index (χ0) is 12.1. The van der Waals surface area contributed by atoms with Crippen LogP contribution in [0.1, 0.15) is 5.56 Å². The standard InChI is InChI=1S/C12H12FN3O/c1-14-6-9-3-2-4-11(5-9)17-12-15-7-10(13)8-16-12/h2-5,7-8,14H,6H2,1H3. The van der Waals surface area contributed by atoms with E-state index in [0.29, 0.717) is 5.75 Å². The van der Waals surface area contributed by atoms with Crippen molar-refractivity contribution in [2.45, 2.75) is 6.54 Å². The van der Waals surface area contributed by atoms with Gasteiger partial charge in [0.1, 0.15) is 5.75 Å². The molecule has 0 aliphatic carbocycles. The zero-order valence-electron chi connectivity index (χ0n) is 9.35. The molecule has 0 spiro atoms. The Hall–Kier alpha value is -2.01. The molecule has 0 unspecified atom stereocenters. The molecule has 0 saturated carbocycles. The maximum Gasteiger partial charge on any atom is 0.322 e. The van der Waals surface area contributed by atoms with Gasteiger partial charge in [0.25, 0.3) is 0 Å². The summed E-state index contributed by atoms with van der Waals surface area (Å²) in [7, 11) is 1.87. The molecule has 4 nitrogen and oxygen atoms in total. The Morgan fingerprint density at radius 2 is 2.06 bits per heavy atom. The van der Waals surface area contributed by atoms with Crippen molar-refractivity contribution in [1.82, 2.24) is 15.3 Å².